The number of likely N-dealkylation sites (N-methyl/N-ethyl adjacent to an activating group) is 1. The lowest BCUT2D eigenvalue weighted by atomic mass is 10.1. The molecule has 1 atom stereocenters. The van der Waals surface area contributed by atoms with E-state index in [9.17, 15) is 0 Å². The van der Waals surface area contributed by atoms with Gasteiger partial charge in [-0.1, -0.05) is 0 Å². The Hall–Kier alpha value is -1.72. The van der Waals surface area contributed by atoms with Crippen molar-refractivity contribution in [3.8, 4) is 0 Å². The van der Waals surface area contributed by atoms with Gasteiger partial charge in [-0.05, 0) is 31.7 Å². The summed E-state index contributed by atoms with van der Waals surface area (Å²) in [6, 6.07) is 4.24. The number of aryl methyl sites for hydroxylation is 1. The molecule has 5 heteroatoms. The quantitative estimate of drug-likeness (QED) is 0.878. The normalized spacial score (nSPS) is 12.9. The Bertz CT molecular complexity index is 520. The smallest absolute Gasteiger partial charge is 0.0540 e. The highest BCUT2D eigenvalue weighted by Gasteiger charge is 2.19. The Kier molecular flexibility index (Phi) is 4.29. The van der Waals surface area contributed by atoms with E-state index >= 15 is 0 Å². The van der Waals surface area contributed by atoms with Gasteiger partial charge in [0.1, 0.15) is 0 Å². The molecule has 0 radical (unpaired) electrons. The van der Waals surface area contributed by atoms with Crippen LogP contribution >= 0.6 is 0 Å². The van der Waals surface area contributed by atoms with Crippen molar-refractivity contribution in [3.05, 3.63) is 47.5 Å². The number of hydrogen-bond donors (Lipinski definition) is 1. The van der Waals surface area contributed by atoms with Crippen molar-refractivity contribution in [2.45, 2.75) is 19.5 Å². The third kappa shape index (κ3) is 3.00. The molecule has 0 fully saturated rings. The van der Waals surface area contributed by atoms with Gasteiger partial charge in [-0.3, -0.25) is 14.6 Å². The summed E-state index contributed by atoms with van der Waals surface area (Å²) in [6.07, 6.45) is 5.54. The molecule has 2 heterocycles. The Morgan fingerprint density at radius 1 is 1.37 bits per heavy atom. The maximum absolute atomic E-state index is 5.95. The summed E-state index contributed by atoms with van der Waals surface area (Å²) >= 11 is 0. The third-order valence-electron chi connectivity index (χ3n) is 3.57. The van der Waals surface area contributed by atoms with Crippen LogP contribution in [0.4, 0.5) is 0 Å². The van der Waals surface area contributed by atoms with Gasteiger partial charge in [-0.25, -0.2) is 0 Å². The van der Waals surface area contributed by atoms with Crippen LogP contribution in [0.15, 0.2) is 30.7 Å². The van der Waals surface area contributed by atoms with Crippen LogP contribution in [0, 0.1) is 6.92 Å². The molecule has 102 valence electrons. The fourth-order valence-electron chi connectivity index (χ4n) is 2.27. The van der Waals surface area contributed by atoms with Crippen molar-refractivity contribution in [3.63, 3.8) is 0 Å². The second-order valence-corrected chi connectivity index (χ2v) is 4.83. The molecular weight excluding hydrogens is 238 g/mol. The minimum Gasteiger partial charge on any atom is -0.329 e. The van der Waals surface area contributed by atoms with E-state index in [1.807, 2.05) is 42.5 Å². The second-order valence-electron chi connectivity index (χ2n) is 4.83. The van der Waals surface area contributed by atoms with Crippen LogP contribution in [0.5, 0.6) is 0 Å². The van der Waals surface area contributed by atoms with Crippen LogP contribution < -0.4 is 5.73 Å². The standard InChI is InChI=1S/C14H21N5/c1-11-13(9-17-19(11)3)14(8-15)18(2)10-12-4-6-16-7-5-12/h4-7,9,14H,8,10,15H2,1-3H3. The maximum atomic E-state index is 5.95. The highest BCUT2D eigenvalue weighted by Crippen LogP contribution is 2.22. The predicted molar refractivity (Wildman–Crippen MR) is 75.4 cm³/mol. The molecule has 2 N–H and O–H groups in total. The molecule has 0 saturated heterocycles. The highest BCUT2D eigenvalue weighted by atomic mass is 15.3. The van der Waals surface area contributed by atoms with Gasteiger partial charge >= 0.3 is 0 Å². The van der Waals surface area contributed by atoms with E-state index < -0.39 is 0 Å². The van der Waals surface area contributed by atoms with Gasteiger partial charge in [-0.15, -0.1) is 0 Å². The minimum absolute atomic E-state index is 0.182. The Morgan fingerprint density at radius 2 is 2.05 bits per heavy atom. The summed E-state index contributed by atoms with van der Waals surface area (Å²) in [7, 11) is 4.04. The van der Waals surface area contributed by atoms with E-state index in [0.29, 0.717) is 6.54 Å². The fourth-order valence-corrected chi connectivity index (χ4v) is 2.27. The molecule has 0 aliphatic heterocycles. The summed E-state index contributed by atoms with van der Waals surface area (Å²) in [5.74, 6) is 0. The average Bonchev–Trinajstić information content (AvgIpc) is 2.73. The molecule has 0 bridgehead atoms. The summed E-state index contributed by atoms with van der Waals surface area (Å²) < 4.78 is 1.89. The summed E-state index contributed by atoms with van der Waals surface area (Å²) in [6.45, 7) is 3.50. The number of nitrogens with two attached hydrogens (primary N) is 1. The Labute approximate surface area is 114 Å². The Morgan fingerprint density at radius 3 is 2.58 bits per heavy atom. The van der Waals surface area contributed by atoms with Gasteiger partial charge in [0.05, 0.1) is 12.2 Å². The molecular formula is C14H21N5. The van der Waals surface area contributed by atoms with E-state index in [4.69, 9.17) is 5.73 Å². The zero-order valence-electron chi connectivity index (χ0n) is 11.7. The summed E-state index contributed by atoms with van der Waals surface area (Å²) in [4.78, 5) is 6.29. The van der Waals surface area contributed by atoms with Crippen molar-refractivity contribution in [1.29, 1.82) is 0 Å². The average molecular weight is 259 g/mol. The first-order valence-electron chi connectivity index (χ1n) is 6.41. The molecule has 2 aromatic rings. The molecule has 0 spiro atoms. The van der Waals surface area contributed by atoms with Gasteiger partial charge in [-0.2, -0.15) is 5.10 Å². The van der Waals surface area contributed by atoms with E-state index in [1.165, 1.54) is 11.1 Å². The fraction of sp³-hybridized carbons (Fsp3) is 0.429. The van der Waals surface area contributed by atoms with Crippen molar-refractivity contribution < 1.29 is 0 Å². The lowest BCUT2D eigenvalue weighted by molar-refractivity contribution is 0.241. The number of pyridine rings is 1. The molecule has 2 rings (SSSR count). The van der Waals surface area contributed by atoms with Crippen molar-refractivity contribution >= 4 is 0 Å². The van der Waals surface area contributed by atoms with Gasteiger partial charge in [0.2, 0.25) is 0 Å². The summed E-state index contributed by atoms with van der Waals surface area (Å²) in [5.41, 5.74) is 9.54. The van der Waals surface area contributed by atoms with Crippen LogP contribution in [0.2, 0.25) is 0 Å². The molecule has 0 saturated carbocycles. The first-order valence-corrected chi connectivity index (χ1v) is 6.41. The highest BCUT2D eigenvalue weighted by molar-refractivity contribution is 5.21. The molecule has 5 nitrogen and oxygen atoms in total. The van der Waals surface area contributed by atoms with Crippen LogP contribution in [-0.2, 0) is 13.6 Å². The lowest BCUT2D eigenvalue weighted by Gasteiger charge is -2.27. The second kappa shape index (κ2) is 5.95. The zero-order chi connectivity index (χ0) is 13.8. The predicted octanol–water partition coefficient (Wildman–Crippen LogP) is 1.26. The SMILES string of the molecule is Cc1c(C(CN)N(C)Cc2ccncc2)cnn1C. The van der Waals surface area contributed by atoms with Crippen molar-refractivity contribution in [1.82, 2.24) is 19.7 Å². The van der Waals surface area contributed by atoms with Gasteiger partial charge in [0.25, 0.3) is 0 Å². The summed E-state index contributed by atoms with van der Waals surface area (Å²) in [5, 5.41) is 4.30. The van der Waals surface area contributed by atoms with Gasteiger partial charge in [0, 0.05) is 43.8 Å². The molecule has 0 amide bonds. The van der Waals surface area contributed by atoms with Gasteiger partial charge in [0.15, 0.2) is 0 Å². The van der Waals surface area contributed by atoms with Crippen LogP contribution in [-0.4, -0.2) is 33.3 Å². The largest absolute Gasteiger partial charge is 0.329 e. The van der Waals surface area contributed by atoms with Crippen molar-refractivity contribution in [2.24, 2.45) is 12.8 Å². The van der Waals surface area contributed by atoms with E-state index in [1.54, 1.807) is 0 Å². The van der Waals surface area contributed by atoms with E-state index in [2.05, 4.69) is 29.0 Å². The van der Waals surface area contributed by atoms with Gasteiger partial charge < -0.3 is 5.73 Å². The lowest BCUT2D eigenvalue weighted by Crippen LogP contribution is -2.30. The zero-order valence-corrected chi connectivity index (χ0v) is 11.7. The molecule has 0 aliphatic carbocycles. The number of rotatable bonds is 5. The van der Waals surface area contributed by atoms with Crippen LogP contribution in [0.25, 0.3) is 0 Å². The number of aromatic nitrogens is 3. The Balaban J connectivity index is 2.16. The van der Waals surface area contributed by atoms with Crippen LogP contribution in [0.1, 0.15) is 22.9 Å². The third-order valence-corrected chi connectivity index (χ3v) is 3.57. The topological polar surface area (TPSA) is 60.0 Å². The first kappa shape index (κ1) is 13.7. The maximum Gasteiger partial charge on any atom is 0.0540 e. The van der Waals surface area contributed by atoms with Crippen LogP contribution in [0.3, 0.4) is 0 Å². The van der Waals surface area contributed by atoms with Crippen molar-refractivity contribution in [2.75, 3.05) is 13.6 Å². The number of hydrogen-bond acceptors (Lipinski definition) is 4. The molecule has 2 aromatic heterocycles. The molecule has 1 unspecified atom stereocenters. The minimum atomic E-state index is 0.182. The molecule has 0 aliphatic rings. The first-order chi connectivity index (χ1) is 9.13. The number of nitrogens with zero attached hydrogens (tertiary/aromatic N) is 4. The van der Waals surface area contributed by atoms with E-state index in [-0.39, 0.29) is 6.04 Å². The van der Waals surface area contributed by atoms with E-state index in [0.717, 1.165) is 12.2 Å². The molecule has 19 heavy (non-hydrogen) atoms. The molecule has 0 aromatic carbocycles. The monoisotopic (exact) mass is 259 g/mol.